The number of nitriles is 1. The van der Waals surface area contributed by atoms with Crippen molar-refractivity contribution in [1.29, 1.82) is 5.26 Å². The minimum Gasteiger partial charge on any atom is -0.354 e. The van der Waals surface area contributed by atoms with Crippen LogP contribution < -0.4 is 11.0 Å². The second-order valence-electron chi connectivity index (χ2n) is 8.65. The van der Waals surface area contributed by atoms with Gasteiger partial charge in [-0.25, -0.2) is 9.78 Å². The standard InChI is InChI=1S/C23H25ClN6O/c1-28-20-7-6-16(27-19-8-9-26-22(24)18(19)12-25)11-21(20)30(23(28)31)14-17-3-2-10-29(17)13-15-4-5-15/h6-9,11,15,17H,2-5,10,13-14H2,1H3,(H,26,27)/t17-/m0/s1. The van der Waals surface area contributed by atoms with Crippen LogP contribution in [0, 0.1) is 17.2 Å². The van der Waals surface area contributed by atoms with E-state index in [1.54, 1.807) is 16.8 Å². The van der Waals surface area contributed by atoms with Gasteiger partial charge in [0, 0.05) is 38.1 Å². The molecule has 2 aliphatic rings. The van der Waals surface area contributed by atoms with Crippen molar-refractivity contribution in [3.8, 4) is 6.07 Å². The van der Waals surface area contributed by atoms with Crippen LogP contribution in [0.2, 0.25) is 5.15 Å². The molecule has 3 aromatic rings. The number of anilines is 2. The predicted octanol–water partition coefficient (Wildman–Crippen LogP) is 3.88. The van der Waals surface area contributed by atoms with Gasteiger partial charge in [-0.15, -0.1) is 0 Å². The Kier molecular flexibility index (Phi) is 5.20. The van der Waals surface area contributed by atoms with Crippen molar-refractivity contribution >= 4 is 34.0 Å². The Balaban J connectivity index is 1.48. The summed E-state index contributed by atoms with van der Waals surface area (Å²) in [4.78, 5) is 19.6. The third-order valence-corrected chi connectivity index (χ3v) is 6.81. The van der Waals surface area contributed by atoms with Gasteiger partial charge in [0.2, 0.25) is 0 Å². The fourth-order valence-corrected chi connectivity index (χ4v) is 4.85. The number of rotatable bonds is 6. The maximum atomic E-state index is 13.1. The Labute approximate surface area is 185 Å². The van der Waals surface area contributed by atoms with Gasteiger partial charge < -0.3 is 5.32 Å². The second-order valence-corrected chi connectivity index (χ2v) is 9.01. The molecule has 1 aliphatic carbocycles. The normalized spacial score (nSPS) is 19.1. The summed E-state index contributed by atoms with van der Waals surface area (Å²) in [5.74, 6) is 0.849. The first-order chi connectivity index (χ1) is 15.0. The molecule has 31 heavy (non-hydrogen) atoms. The molecule has 1 aliphatic heterocycles. The van der Waals surface area contributed by atoms with Crippen LogP contribution >= 0.6 is 11.6 Å². The van der Waals surface area contributed by atoms with Crippen molar-refractivity contribution in [2.75, 3.05) is 18.4 Å². The maximum Gasteiger partial charge on any atom is 0.328 e. The lowest BCUT2D eigenvalue weighted by Gasteiger charge is -2.24. The number of imidazole rings is 1. The number of fused-ring (bicyclic) bond motifs is 1. The van der Waals surface area contributed by atoms with Crippen LogP contribution in [0.15, 0.2) is 35.3 Å². The van der Waals surface area contributed by atoms with Crippen LogP contribution in [0.5, 0.6) is 0 Å². The van der Waals surface area contributed by atoms with E-state index < -0.39 is 0 Å². The molecular formula is C23H25ClN6O. The molecule has 7 nitrogen and oxygen atoms in total. The number of aromatic nitrogens is 3. The SMILES string of the molecule is Cn1c(=O)n(C[C@@H]2CCCN2CC2CC2)c2cc(Nc3ccnc(Cl)c3C#N)ccc21. The summed E-state index contributed by atoms with van der Waals surface area (Å²) in [6.45, 7) is 3.00. The van der Waals surface area contributed by atoms with Crippen molar-refractivity contribution in [3.05, 3.63) is 51.7 Å². The molecule has 160 valence electrons. The number of halogens is 1. The lowest BCUT2D eigenvalue weighted by Crippen LogP contribution is -2.37. The van der Waals surface area contributed by atoms with Gasteiger partial charge in [0.05, 0.1) is 16.7 Å². The molecule has 0 bridgehead atoms. The average Bonchev–Trinajstić information content (AvgIpc) is 3.43. The highest BCUT2D eigenvalue weighted by molar-refractivity contribution is 6.31. The number of nitrogens with one attached hydrogen (secondary N) is 1. The summed E-state index contributed by atoms with van der Waals surface area (Å²) in [6.07, 6.45) is 6.58. The minimum absolute atomic E-state index is 0.00934. The Morgan fingerprint density at radius 1 is 1.23 bits per heavy atom. The first kappa shape index (κ1) is 20.1. The highest BCUT2D eigenvalue weighted by Gasteiger charge is 2.31. The number of hydrogen-bond donors (Lipinski definition) is 1. The summed E-state index contributed by atoms with van der Waals surface area (Å²) in [5, 5.41) is 12.9. The number of aryl methyl sites for hydroxylation is 1. The fraction of sp³-hybridized carbons (Fsp3) is 0.435. The third kappa shape index (κ3) is 3.82. The molecule has 0 radical (unpaired) electrons. The van der Waals surface area contributed by atoms with Crippen LogP contribution in [-0.4, -0.2) is 38.1 Å². The van der Waals surface area contributed by atoms with Crippen LogP contribution in [0.3, 0.4) is 0 Å². The van der Waals surface area contributed by atoms with E-state index in [9.17, 15) is 10.1 Å². The van der Waals surface area contributed by atoms with E-state index in [0.29, 0.717) is 23.8 Å². The minimum atomic E-state index is 0.00934. The van der Waals surface area contributed by atoms with Crippen molar-refractivity contribution in [2.24, 2.45) is 13.0 Å². The summed E-state index contributed by atoms with van der Waals surface area (Å²) < 4.78 is 3.62. The average molecular weight is 437 g/mol. The number of nitrogens with zero attached hydrogens (tertiary/aromatic N) is 5. The van der Waals surface area contributed by atoms with Gasteiger partial charge in [0.25, 0.3) is 0 Å². The molecule has 5 rings (SSSR count). The molecule has 8 heteroatoms. The molecule has 0 spiro atoms. The van der Waals surface area contributed by atoms with Gasteiger partial charge >= 0.3 is 5.69 Å². The largest absolute Gasteiger partial charge is 0.354 e. The van der Waals surface area contributed by atoms with Gasteiger partial charge in [-0.3, -0.25) is 14.0 Å². The first-order valence-electron chi connectivity index (χ1n) is 10.8. The second kappa shape index (κ2) is 8.03. The van der Waals surface area contributed by atoms with E-state index in [-0.39, 0.29) is 10.8 Å². The quantitative estimate of drug-likeness (QED) is 0.593. The molecule has 1 aromatic carbocycles. The molecule has 2 aromatic heterocycles. The van der Waals surface area contributed by atoms with Gasteiger partial charge in [0.1, 0.15) is 16.8 Å². The van der Waals surface area contributed by atoms with Gasteiger partial charge in [0.15, 0.2) is 0 Å². The summed E-state index contributed by atoms with van der Waals surface area (Å²) in [6, 6.07) is 10.1. The van der Waals surface area contributed by atoms with Crippen molar-refractivity contribution in [3.63, 3.8) is 0 Å². The number of benzene rings is 1. The van der Waals surface area contributed by atoms with E-state index in [1.165, 1.54) is 19.3 Å². The Morgan fingerprint density at radius 3 is 2.84 bits per heavy atom. The molecule has 1 saturated heterocycles. The molecule has 2 fully saturated rings. The lowest BCUT2D eigenvalue weighted by atomic mass is 10.2. The van der Waals surface area contributed by atoms with Crippen molar-refractivity contribution in [1.82, 2.24) is 19.0 Å². The number of likely N-dealkylation sites (tertiary alicyclic amines) is 1. The Bertz CT molecular complexity index is 1240. The maximum absolute atomic E-state index is 13.1. The van der Waals surface area contributed by atoms with Crippen molar-refractivity contribution < 1.29 is 0 Å². The summed E-state index contributed by atoms with van der Waals surface area (Å²) in [5.41, 5.74) is 3.50. The Morgan fingerprint density at radius 2 is 2.06 bits per heavy atom. The predicted molar refractivity (Wildman–Crippen MR) is 122 cm³/mol. The Hall–Kier alpha value is -2.82. The molecule has 1 N–H and O–H groups in total. The van der Waals surface area contributed by atoms with E-state index in [4.69, 9.17) is 11.6 Å². The van der Waals surface area contributed by atoms with E-state index in [0.717, 1.165) is 42.1 Å². The monoisotopic (exact) mass is 436 g/mol. The topological polar surface area (TPSA) is 78.9 Å². The van der Waals surface area contributed by atoms with Crippen LogP contribution in [0.4, 0.5) is 11.4 Å². The third-order valence-electron chi connectivity index (χ3n) is 6.52. The summed E-state index contributed by atoms with van der Waals surface area (Å²) in [7, 11) is 1.82. The van der Waals surface area contributed by atoms with E-state index >= 15 is 0 Å². The first-order valence-corrected chi connectivity index (χ1v) is 11.2. The molecule has 3 heterocycles. The zero-order valence-electron chi connectivity index (χ0n) is 17.5. The highest BCUT2D eigenvalue weighted by atomic mass is 35.5. The molecule has 0 amide bonds. The van der Waals surface area contributed by atoms with Crippen molar-refractivity contribution in [2.45, 2.75) is 38.3 Å². The molecule has 1 saturated carbocycles. The molecule has 0 unspecified atom stereocenters. The smallest absolute Gasteiger partial charge is 0.328 e. The lowest BCUT2D eigenvalue weighted by molar-refractivity contribution is 0.223. The fourth-order valence-electron chi connectivity index (χ4n) is 4.65. The highest BCUT2D eigenvalue weighted by Crippen LogP contribution is 2.33. The van der Waals surface area contributed by atoms with Crippen LogP contribution in [0.1, 0.15) is 31.2 Å². The zero-order chi connectivity index (χ0) is 21.5. The van der Waals surface area contributed by atoms with Gasteiger partial charge in [-0.05, 0) is 62.4 Å². The van der Waals surface area contributed by atoms with E-state index in [1.807, 2.05) is 29.8 Å². The zero-order valence-corrected chi connectivity index (χ0v) is 18.3. The van der Waals surface area contributed by atoms with E-state index in [2.05, 4.69) is 21.3 Å². The number of pyridine rings is 1. The molecular weight excluding hydrogens is 412 g/mol. The number of hydrogen-bond acceptors (Lipinski definition) is 5. The van der Waals surface area contributed by atoms with Gasteiger partial charge in [-0.2, -0.15) is 5.26 Å². The van der Waals surface area contributed by atoms with Crippen LogP contribution in [0.25, 0.3) is 11.0 Å². The molecule has 1 atom stereocenters. The van der Waals surface area contributed by atoms with Gasteiger partial charge in [-0.1, -0.05) is 11.6 Å². The summed E-state index contributed by atoms with van der Waals surface area (Å²) >= 11 is 6.06. The van der Waals surface area contributed by atoms with Crippen LogP contribution in [-0.2, 0) is 13.6 Å².